The van der Waals surface area contributed by atoms with Gasteiger partial charge in [0, 0.05) is 0 Å². The lowest BCUT2D eigenvalue weighted by molar-refractivity contribution is 0.332. The largest absolute Gasteiger partial charge is 0.316 e. The summed E-state index contributed by atoms with van der Waals surface area (Å²) in [5.41, 5.74) is 0. The molecule has 14 heavy (non-hydrogen) atoms. The average Bonchev–Trinajstić information content (AvgIpc) is 2.20. The molecule has 0 radical (unpaired) electrons. The Morgan fingerprint density at radius 3 is 2.57 bits per heavy atom. The highest BCUT2D eigenvalue weighted by Crippen LogP contribution is 2.22. The summed E-state index contributed by atoms with van der Waals surface area (Å²) in [6.07, 6.45) is 10.0. The van der Waals surface area contributed by atoms with Gasteiger partial charge < -0.3 is 5.32 Å². The van der Waals surface area contributed by atoms with E-state index < -0.39 is 0 Å². The SMILES string of the molecule is CCCC(C)CNCC1CCCCC1. The van der Waals surface area contributed by atoms with Crippen LogP contribution in [0, 0.1) is 11.8 Å². The fraction of sp³-hybridized carbons (Fsp3) is 1.00. The summed E-state index contributed by atoms with van der Waals surface area (Å²) >= 11 is 0. The lowest BCUT2D eigenvalue weighted by Gasteiger charge is -2.22. The van der Waals surface area contributed by atoms with E-state index in [-0.39, 0.29) is 0 Å². The van der Waals surface area contributed by atoms with Crippen molar-refractivity contribution in [3.8, 4) is 0 Å². The lowest BCUT2D eigenvalue weighted by atomic mass is 9.89. The minimum Gasteiger partial charge on any atom is -0.316 e. The average molecular weight is 197 g/mol. The molecule has 1 aliphatic rings. The molecule has 0 aliphatic heterocycles. The van der Waals surface area contributed by atoms with Crippen LogP contribution in [-0.4, -0.2) is 13.1 Å². The predicted molar refractivity (Wildman–Crippen MR) is 63.5 cm³/mol. The number of rotatable bonds is 6. The van der Waals surface area contributed by atoms with Crippen LogP contribution in [0.5, 0.6) is 0 Å². The molecule has 1 nitrogen and oxygen atoms in total. The molecule has 0 heterocycles. The van der Waals surface area contributed by atoms with Crippen LogP contribution in [0.25, 0.3) is 0 Å². The van der Waals surface area contributed by atoms with Gasteiger partial charge in [0.25, 0.3) is 0 Å². The van der Waals surface area contributed by atoms with Gasteiger partial charge in [-0.3, -0.25) is 0 Å². The van der Waals surface area contributed by atoms with Crippen molar-refractivity contribution in [1.29, 1.82) is 0 Å². The zero-order chi connectivity index (χ0) is 10.2. The van der Waals surface area contributed by atoms with Gasteiger partial charge in [-0.05, 0) is 44.2 Å². The first-order valence-electron chi connectivity index (χ1n) is 6.53. The monoisotopic (exact) mass is 197 g/mol. The van der Waals surface area contributed by atoms with E-state index in [0.29, 0.717) is 0 Å². The zero-order valence-corrected chi connectivity index (χ0v) is 10.0. The topological polar surface area (TPSA) is 12.0 Å². The third kappa shape index (κ3) is 4.99. The van der Waals surface area contributed by atoms with Crippen molar-refractivity contribution < 1.29 is 0 Å². The first-order chi connectivity index (χ1) is 6.83. The molecule has 0 aromatic rings. The van der Waals surface area contributed by atoms with Crippen LogP contribution >= 0.6 is 0 Å². The van der Waals surface area contributed by atoms with E-state index in [4.69, 9.17) is 0 Å². The van der Waals surface area contributed by atoms with Gasteiger partial charge in [-0.15, -0.1) is 0 Å². The van der Waals surface area contributed by atoms with Gasteiger partial charge in [0.2, 0.25) is 0 Å². The molecule has 1 N–H and O–H groups in total. The van der Waals surface area contributed by atoms with Crippen molar-refractivity contribution in [2.75, 3.05) is 13.1 Å². The van der Waals surface area contributed by atoms with Crippen molar-refractivity contribution in [1.82, 2.24) is 5.32 Å². The van der Waals surface area contributed by atoms with Gasteiger partial charge in [0.15, 0.2) is 0 Å². The van der Waals surface area contributed by atoms with Crippen molar-refractivity contribution in [2.24, 2.45) is 11.8 Å². The minimum atomic E-state index is 0.864. The maximum absolute atomic E-state index is 3.64. The number of hydrogen-bond acceptors (Lipinski definition) is 1. The molecule has 1 atom stereocenters. The molecule has 84 valence electrons. The summed E-state index contributed by atoms with van der Waals surface area (Å²) in [4.78, 5) is 0. The molecule has 1 rings (SSSR count). The Hall–Kier alpha value is -0.0400. The molecular weight excluding hydrogens is 170 g/mol. The Morgan fingerprint density at radius 1 is 1.21 bits per heavy atom. The molecule has 0 saturated heterocycles. The van der Waals surface area contributed by atoms with E-state index in [9.17, 15) is 0 Å². The number of nitrogens with one attached hydrogen (secondary N) is 1. The molecule has 0 amide bonds. The van der Waals surface area contributed by atoms with E-state index in [0.717, 1.165) is 11.8 Å². The second kappa shape index (κ2) is 7.28. The van der Waals surface area contributed by atoms with Gasteiger partial charge in [-0.25, -0.2) is 0 Å². The Bertz CT molecular complexity index is 127. The summed E-state index contributed by atoms with van der Waals surface area (Å²) < 4.78 is 0. The minimum absolute atomic E-state index is 0.864. The highest BCUT2D eigenvalue weighted by atomic mass is 14.9. The Balaban J connectivity index is 1.96. The molecule has 1 saturated carbocycles. The number of hydrogen-bond donors (Lipinski definition) is 1. The van der Waals surface area contributed by atoms with Crippen molar-refractivity contribution in [3.63, 3.8) is 0 Å². The third-order valence-electron chi connectivity index (χ3n) is 3.43. The van der Waals surface area contributed by atoms with Crippen molar-refractivity contribution in [3.05, 3.63) is 0 Å². The Kier molecular flexibility index (Phi) is 6.25. The van der Waals surface area contributed by atoms with E-state index in [1.807, 2.05) is 0 Å². The van der Waals surface area contributed by atoms with Crippen LogP contribution < -0.4 is 5.32 Å². The Labute approximate surface area is 89.7 Å². The third-order valence-corrected chi connectivity index (χ3v) is 3.43. The van der Waals surface area contributed by atoms with Gasteiger partial charge >= 0.3 is 0 Å². The maximum Gasteiger partial charge on any atom is -0.00204 e. The van der Waals surface area contributed by atoms with Crippen LogP contribution in [0.1, 0.15) is 58.8 Å². The van der Waals surface area contributed by atoms with Crippen LogP contribution in [0.3, 0.4) is 0 Å². The molecule has 1 heteroatoms. The summed E-state index contributed by atoms with van der Waals surface area (Å²) in [6, 6.07) is 0. The van der Waals surface area contributed by atoms with E-state index in [1.54, 1.807) is 0 Å². The van der Waals surface area contributed by atoms with Gasteiger partial charge in [-0.2, -0.15) is 0 Å². The van der Waals surface area contributed by atoms with Gasteiger partial charge in [-0.1, -0.05) is 39.5 Å². The molecule has 0 aromatic heterocycles. The molecule has 0 bridgehead atoms. The molecule has 0 aromatic carbocycles. The quantitative estimate of drug-likeness (QED) is 0.686. The molecule has 1 unspecified atom stereocenters. The second-order valence-electron chi connectivity index (χ2n) is 5.06. The highest BCUT2D eigenvalue weighted by Gasteiger charge is 2.12. The smallest absolute Gasteiger partial charge is 0.00204 e. The normalized spacial score (nSPS) is 21.0. The maximum atomic E-state index is 3.64. The fourth-order valence-electron chi connectivity index (χ4n) is 2.52. The predicted octanol–water partition coefficient (Wildman–Crippen LogP) is 3.59. The van der Waals surface area contributed by atoms with E-state index in [2.05, 4.69) is 19.2 Å². The van der Waals surface area contributed by atoms with Gasteiger partial charge in [0.1, 0.15) is 0 Å². The van der Waals surface area contributed by atoms with Crippen LogP contribution in [-0.2, 0) is 0 Å². The van der Waals surface area contributed by atoms with E-state index in [1.165, 1.54) is 58.0 Å². The zero-order valence-electron chi connectivity index (χ0n) is 10.0. The van der Waals surface area contributed by atoms with Crippen LogP contribution in [0.2, 0.25) is 0 Å². The highest BCUT2D eigenvalue weighted by molar-refractivity contribution is 4.68. The Morgan fingerprint density at radius 2 is 1.93 bits per heavy atom. The standard InChI is InChI=1S/C13H27N/c1-3-7-12(2)10-14-11-13-8-5-4-6-9-13/h12-14H,3-11H2,1-2H3. The summed E-state index contributed by atoms with van der Waals surface area (Å²) in [6.45, 7) is 7.13. The van der Waals surface area contributed by atoms with Crippen LogP contribution in [0.15, 0.2) is 0 Å². The fourth-order valence-corrected chi connectivity index (χ4v) is 2.52. The molecule has 1 fully saturated rings. The summed E-state index contributed by atoms with van der Waals surface area (Å²) in [5, 5.41) is 3.64. The van der Waals surface area contributed by atoms with Crippen molar-refractivity contribution >= 4 is 0 Å². The summed E-state index contributed by atoms with van der Waals surface area (Å²) in [7, 11) is 0. The first-order valence-corrected chi connectivity index (χ1v) is 6.53. The summed E-state index contributed by atoms with van der Waals surface area (Å²) in [5.74, 6) is 1.85. The molecule has 0 spiro atoms. The molecule has 1 aliphatic carbocycles. The first kappa shape index (κ1) is 12.0. The van der Waals surface area contributed by atoms with Crippen LogP contribution in [0.4, 0.5) is 0 Å². The van der Waals surface area contributed by atoms with Crippen molar-refractivity contribution in [2.45, 2.75) is 58.8 Å². The van der Waals surface area contributed by atoms with Gasteiger partial charge in [0.05, 0.1) is 0 Å². The van der Waals surface area contributed by atoms with E-state index >= 15 is 0 Å². The second-order valence-corrected chi connectivity index (χ2v) is 5.06. The lowest BCUT2D eigenvalue weighted by Crippen LogP contribution is -2.28. The molecular formula is C13H27N.